The van der Waals surface area contributed by atoms with E-state index in [1.165, 1.54) is 19.2 Å². The molecule has 8 heteroatoms. The Kier molecular flexibility index (Phi) is 3.32. The molecule has 0 saturated carbocycles. The van der Waals surface area contributed by atoms with Crippen molar-refractivity contribution >= 4 is 32.8 Å². The van der Waals surface area contributed by atoms with Gasteiger partial charge in [-0.25, -0.2) is 8.42 Å². The first-order valence-electron chi connectivity index (χ1n) is 4.42. The zero-order chi connectivity index (χ0) is 12.5. The van der Waals surface area contributed by atoms with Crippen molar-refractivity contribution in [2.75, 3.05) is 7.11 Å². The molecule has 1 heterocycles. The number of sulfone groups is 1. The van der Waals surface area contributed by atoms with Crippen LogP contribution in [0.1, 0.15) is 0 Å². The Labute approximate surface area is 107 Å². The normalized spacial score (nSPS) is 11.4. The maximum absolute atomic E-state index is 12.1. The number of halogens is 1. The molecule has 1 aromatic carbocycles. The van der Waals surface area contributed by atoms with Crippen molar-refractivity contribution in [3.05, 3.63) is 28.7 Å². The maximum Gasteiger partial charge on any atom is 0.238 e. The first kappa shape index (κ1) is 12.3. The average molecular weight is 291 g/mol. The van der Waals surface area contributed by atoms with Gasteiger partial charge in [0.15, 0.2) is 0 Å². The summed E-state index contributed by atoms with van der Waals surface area (Å²) in [6.07, 6.45) is 0. The molecule has 0 radical (unpaired) electrons. The summed E-state index contributed by atoms with van der Waals surface area (Å²) in [6, 6.07) is 6.03. The Bertz CT molecular complexity index is 622. The summed E-state index contributed by atoms with van der Waals surface area (Å²) in [5.41, 5.74) is 0. The van der Waals surface area contributed by atoms with Crippen LogP contribution in [0, 0.1) is 0 Å². The summed E-state index contributed by atoms with van der Waals surface area (Å²) < 4.78 is 29.0. The molecular formula is C9H7ClN2O3S2. The van der Waals surface area contributed by atoms with Gasteiger partial charge in [0, 0.05) is 0 Å². The van der Waals surface area contributed by atoms with Crippen molar-refractivity contribution in [1.29, 1.82) is 0 Å². The summed E-state index contributed by atoms with van der Waals surface area (Å²) in [4.78, 5) is 0.131. The van der Waals surface area contributed by atoms with Crippen LogP contribution in [0.25, 0.3) is 0 Å². The third-order valence-corrected chi connectivity index (χ3v) is 5.14. The van der Waals surface area contributed by atoms with Crippen molar-refractivity contribution in [3.63, 3.8) is 0 Å². The molecule has 0 amide bonds. The van der Waals surface area contributed by atoms with Crippen LogP contribution in [0.4, 0.5) is 0 Å². The summed E-state index contributed by atoms with van der Waals surface area (Å²) in [7, 11) is -2.13. The van der Waals surface area contributed by atoms with Gasteiger partial charge in [0.25, 0.3) is 0 Å². The van der Waals surface area contributed by atoms with Crippen LogP contribution in [0.2, 0.25) is 4.47 Å². The summed E-state index contributed by atoms with van der Waals surface area (Å²) in [5.74, 6) is 0.583. The highest BCUT2D eigenvalue weighted by Gasteiger charge is 2.22. The number of ether oxygens (including phenoxy) is 1. The second kappa shape index (κ2) is 4.59. The fourth-order valence-electron chi connectivity index (χ4n) is 1.16. The molecule has 2 aromatic rings. The molecule has 5 nitrogen and oxygen atoms in total. The number of hydrogen-bond donors (Lipinski definition) is 0. The fraction of sp³-hybridized carbons (Fsp3) is 0.111. The van der Waals surface area contributed by atoms with E-state index in [4.69, 9.17) is 16.3 Å². The Morgan fingerprint density at radius 2 is 1.88 bits per heavy atom. The molecule has 0 bridgehead atoms. The van der Waals surface area contributed by atoms with E-state index in [1.54, 1.807) is 12.1 Å². The third-order valence-electron chi connectivity index (χ3n) is 1.98. The minimum atomic E-state index is -3.64. The fourth-order valence-corrected chi connectivity index (χ4v) is 3.67. The van der Waals surface area contributed by atoms with E-state index in [0.717, 1.165) is 11.3 Å². The lowest BCUT2D eigenvalue weighted by Gasteiger charge is -2.02. The molecule has 0 aliphatic rings. The molecule has 0 saturated heterocycles. The first-order chi connectivity index (χ1) is 8.04. The van der Waals surface area contributed by atoms with E-state index in [0.29, 0.717) is 5.75 Å². The van der Waals surface area contributed by atoms with Gasteiger partial charge in [-0.15, -0.1) is 10.2 Å². The van der Waals surface area contributed by atoms with E-state index >= 15 is 0 Å². The lowest BCUT2D eigenvalue weighted by Crippen LogP contribution is -2.01. The van der Waals surface area contributed by atoms with E-state index in [1.807, 2.05) is 0 Å². The predicted octanol–water partition coefficient (Wildman–Crippen LogP) is 2.03. The zero-order valence-electron chi connectivity index (χ0n) is 8.62. The van der Waals surface area contributed by atoms with Gasteiger partial charge in [0.1, 0.15) is 5.75 Å². The molecule has 0 spiro atoms. The van der Waals surface area contributed by atoms with Gasteiger partial charge in [0.2, 0.25) is 18.6 Å². The zero-order valence-corrected chi connectivity index (χ0v) is 11.0. The Balaban J connectivity index is 2.44. The summed E-state index contributed by atoms with van der Waals surface area (Å²) in [6.45, 7) is 0. The van der Waals surface area contributed by atoms with Crippen molar-refractivity contribution in [1.82, 2.24) is 10.2 Å². The van der Waals surface area contributed by atoms with Crippen molar-refractivity contribution < 1.29 is 13.2 Å². The van der Waals surface area contributed by atoms with E-state index in [9.17, 15) is 8.42 Å². The number of rotatable bonds is 3. The number of benzene rings is 1. The molecule has 0 aliphatic carbocycles. The van der Waals surface area contributed by atoms with E-state index in [-0.39, 0.29) is 13.7 Å². The molecule has 0 unspecified atom stereocenters. The average Bonchev–Trinajstić information content (AvgIpc) is 2.77. The first-order valence-corrected chi connectivity index (χ1v) is 7.10. The smallest absolute Gasteiger partial charge is 0.238 e. The lowest BCUT2D eigenvalue weighted by atomic mass is 10.3. The number of hydrogen-bond acceptors (Lipinski definition) is 6. The van der Waals surface area contributed by atoms with Gasteiger partial charge < -0.3 is 4.74 Å². The van der Waals surface area contributed by atoms with Crippen LogP contribution >= 0.6 is 22.9 Å². The highest BCUT2D eigenvalue weighted by atomic mass is 35.5. The molecule has 17 heavy (non-hydrogen) atoms. The Morgan fingerprint density at radius 1 is 1.24 bits per heavy atom. The van der Waals surface area contributed by atoms with Gasteiger partial charge >= 0.3 is 0 Å². The molecule has 0 N–H and O–H groups in total. The minimum Gasteiger partial charge on any atom is -0.497 e. The van der Waals surface area contributed by atoms with E-state index < -0.39 is 9.84 Å². The Morgan fingerprint density at radius 3 is 2.35 bits per heavy atom. The van der Waals surface area contributed by atoms with Gasteiger partial charge in [-0.3, -0.25) is 0 Å². The van der Waals surface area contributed by atoms with Gasteiger partial charge in [0.05, 0.1) is 12.0 Å². The van der Waals surface area contributed by atoms with Gasteiger partial charge in [-0.05, 0) is 35.9 Å². The van der Waals surface area contributed by atoms with Crippen LogP contribution in [0.5, 0.6) is 5.75 Å². The topological polar surface area (TPSA) is 69.2 Å². The van der Waals surface area contributed by atoms with Crippen LogP contribution in [-0.4, -0.2) is 25.7 Å². The van der Waals surface area contributed by atoms with Gasteiger partial charge in [-0.2, -0.15) is 0 Å². The number of methoxy groups -OCH3 is 1. The quantitative estimate of drug-likeness (QED) is 0.865. The minimum absolute atomic E-state index is 0.0945. The molecule has 0 atom stereocenters. The van der Waals surface area contributed by atoms with Crippen LogP contribution < -0.4 is 4.74 Å². The van der Waals surface area contributed by atoms with Crippen LogP contribution in [0.15, 0.2) is 33.5 Å². The predicted molar refractivity (Wildman–Crippen MR) is 63.4 cm³/mol. The second-order valence-corrected chi connectivity index (χ2v) is 6.68. The van der Waals surface area contributed by atoms with Crippen molar-refractivity contribution in [2.45, 2.75) is 9.24 Å². The van der Waals surface area contributed by atoms with Gasteiger partial charge in [-0.1, -0.05) is 11.3 Å². The molecule has 1 aromatic heterocycles. The molecule has 2 rings (SSSR count). The Hall–Kier alpha value is -1.18. The lowest BCUT2D eigenvalue weighted by molar-refractivity contribution is 0.414. The molecule has 90 valence electrons. The number of aromatic nitrogens is 2. The van der Waals surface area contributed by atoms with Crippen LogP contribution in [-0.2, 0) is 9.84 Å². The van der Waals surface area contributed by atoms with E-state index in [2.05, 4.69) is 10.2 Å². The highest BCUT2D eigenvalue weighted by molar-refractivity contribution is 7.93. The monoisotopic (exact) mass is 290 g/mol. The van der Waals surface area contributed by atoms with Crippen LogP contribution in [0.3, 0.4) is 0 Å². The second-order valence-electron chi connectivity index (χ2n) is 3.00. The molecule has 0 fully saturated rings. The third kappa shape index (κ3) is 2.41. The number of nitrogens with zero attached hydrogens (tertiary/aromatic N) is 2. The summed E-state index contributed by atoms with van der Waals surface area (Å²) in [5, 5.41) is 7.00. The van der Waals surface area contributed by atoms with Crippen molar-refractivity contribution in [3.8, 4) is 5.75 Å². The van der Waals surface area contributed by atoms with Crippen molar-refractivity contribution in [2.24, 2.45) is 0 Å². The highest BCUT2D eigenvalue weighted by Crippen LogP contribution is 2.26. The standard InChI is InChI=1S/C9H7ClN2O3S2/c1-15-6-2-4-7(5-3-6)17(13,14)9-12-11-8(10)16-9/h2-5H,1H3. The maximum atomic E-state index is 12.1. The SMILES string of the molecule is COc1ccc(S(=O)(=O)c2nnc(Cl)s2)cc1. The molecule has 0 aliphatic heterocycles. The molecular weight excluding hydrogens is 284 g/mol. The largest absolute Gasteiger partial charge is 0.497 e. The summed E-state index contributed by atoms with van der Waals surface area (Å²) >= 11 is 6.39.